The lowest BCUT2D eigenvalue weighted by Crippen LogP contribution is -2.32. The first-order valence-electron chi connectivity index (χ1n) is 8.34. The molecule has 3 rings (SSSR count). The Morgan fingerprint density at radius 1 is 1.03 bits per heavy atom. The van der Waals surface area contributed by atoms with Crippen LogP contribution in [0.4, 0.5) is 5.69 Å². The summed E-state index contributed by atoms with van der Waals surface area (Å²) >= 11 is 5.87. The first-order valence-corrected chi connectivity index (χ1v) is 10.2. The van der Waals surface area contributed by atoms with Crippen molar-refractivity contribution < 1.29 is 13.3 Å². The van der Waals surface area contributed by atoms with Crippen LogP contribution in [0.3, 0.4) is 0 Å². The maximum atomic E-state index is 12.3. The molecule has 0 saturated carbocycles. The van der Waals surface area contributed by atoms with Gasteiger partial charge in [0.1, 0.15) is 0 Å². The molecule has 0 fully saturated rings. The highest BCUT2D eigenvalue weighted by atomic mass is 35.5. The maximum Gasteiger partial charge on any atom is 0.269 e. The number of aromatic nitrogens is 2. The van der Waals surface area contributed by atoms with Crippen LogP contribution in [0.5, 0.6) is 0 Å². The van der Waals surface area contributed by atoms with Gasteiger partial charge in [-0.3, -0.25) is 14.9 Å². The summed E-state index contributed by atoms with van der Waals surface area (Å²) in [6.45, 7) is -0.0806. The van der Waals surface area contributed by atoms with Gasteiger partial charge in [0.2, 0.25) is 10.0 Å². The van der Waals surface area contributed by atoms with E-state index in [9.17, 15) is 23.3 Å². The molecule has 1 aromatic heterocycles. The highest BCUT2D eigenvalue weighted by Crippen LogP contribution is 2.18. The van der Waals surface area contributed by atoms with Crippen LogP contribution in [0.1, 0.15) is 0 Å². The van der Waals surface area contributed by atoms with Crippen molar-refractivity contribution in [3.8, 4) is 11.3 Å². The molecule has 3 aromatic rings. The maximum absolute atomic E-state index is 12.3. The Kier molecular flexibility index (Phi) is 6.06. The van der Waals surface area contributed by atoms with E-state index in [1.165, 1.54) is 6.07 Å². The molecule has 29 heavy (non-hydrogen) atoms. The molecule has 2 aromatic carbocycles. The normalized spacial score (nSPS) is 11.3. The summed E-state index contributed by atoms with van der Waals surface area (Å²) in [6.07, 6.45) is 0. The topological polar surface area (TPSA) is 124 Å². The zero-order chi connectivity index (χ0) is 21.0. The van der Waals surface area contributed by atoms with Gasteiger partial charge in [-0.15, -0.1) is 0 Å². The first kappa shape index (κ1) is 20.6. The molecule has 0 aliphatic heterocycles. The minimum Gasteiger partial charge on any atom is -0.268 e. The Morgan fingerprint density at radius 3 is 2.31 bits per heavy atom. The van der Waals surface area contributed by atoms with E-state index in [0.717, 1.165) is 34.5 Å². The van der Waals surface area contributed by atoms with E-state index in [4.69, 9.17) is 11.6 Å². The average molecular weight is 435 g/mol. The number of sulfonamides is 1. The fraction of sp³-hybridized carbons (Fsp3) is 0.111. The van der Waals surface area contributed by atoms with Gasteiger partial charge in [-0.05, 0) is 30.3 Å². The van der Waals surface area contributed by atoms with Crippen molar-refractivity contribution >= 4 is 27.3 Å². The Morgan fingerprint density at radius 2 is 1.69 bits per heavy atom. The number of nitrogens with one attached hydrogen (secondary N) is 1. The molecular formula is C18H15ClN4O5S. The van der Waals surface area contributed by atoms with Crippen molar-refractivity contribution in [1.82, 2.24) is 14.5 Å². The summed E-state index contributed by atoms with van der Waals surface area (Å²) < 4.78 is 28.1. The molecule has 1 N–H and O–H groups in total. The van der Waals surface area contributed by atoms with Crippen LogP contribution in [-0.2, 0) is 16.6 Å². The highest BCUT2D eigenvalue weighted by Gasteiger charge is 2.15. The summed E-state index contributed by atoms with van der Waals surface area (Å²) in [4.78, 5) is 22.0. The van der Waals surface area contributed by atoms with Crippen molar-refractivity contribution in [1.29, 1.82) is 0 Å². The number of rotatable bonds is 7. The summed E-state index contributed by atoms with van der Waals surface area (Å²) in [7, 11) is -3.88. The number of hydrogen-bond acceptors (Lipinski definition) is 6. The van der Waals surface area contributed by atoms with E-state index in [2.05, 4.69) is 9.82 Å². The van der Waals surface area contributed by atoms with Crippen molar-refractivity contribution in [3.63, 3.8) is 0 Å². The summed E-state index contributed by atoms with van der Waals surface area (Å²) in [5.74, 6) is 0. The van der Waals surface area contributed by atoms with Gasteiger partial charge in [0, 0.05) is 35.3 Å². The molecule has 0 aliphatic rings. The predicted molar refractivity (Wildman–Crippen MR) is 107 cm³/mol. The van der Waals surface area contributed by atoms with E-state index in [1.54, 1.807) is 30.3 Å². The highest BCUT2D eigenvalue weighted by molar-refractivity contribution is 7.89. The molecule has 0 atom stereocenters. The van der Waals surface area contributed by atoms with Crippen molar-refractivity contribution in [3.05, 3.63) is 86.2 Å². The van der Waals surface area contributed by atoms with E-state index in [-0.39, 0.29) is 29.2 Å². The Labute approximate surface area is 170 Å². The van der Waals surface area contributed by atoms with Gasteiger partial charge in [0.25, 0.3) is 11.2 Å². The van der Waals surface area contributed by atoms with Crippen molar-refractivity contribution in [2.45, 2.75) is 11.4 Å². The Bertz CT molecular complexity index is 1190. The molecular weight excluding hydrogens is 420 g/mol. The summed E-state index contributed by atoms with van der Waals surface area (Å²) in [5.41, 5.74) is 0.713. The molecule has 0 spiro atoms. The molecule has 0 amide bonds. The second kappa shape index (κ2) is 8.52. The zero-order valence-corrected chi connectivity index (χ0v) is 16.4. The number of non-ortho nitro benzene ring substituents is 1. The SMILES string of the molecule is O=c1ccc(-c2ccc(Cl)cc2)nn1CCNS(=O)(=O)c1ccc([N+](=O)[O-])cc1. The van der Waals surface area contributed by atoms with E-state index < -0.39 is 14.9 Å². The number of nitrogens with zero attached hydrogens (tertiary/aromatic N) is 3. The molecule has 1 heterocycles. The molecule has 0 bridgehead atoms. The minimum atomic E-state index is -3.88. The van der Waals surface area contributed by atoms with E-state index in [1.807, 2.05) is 0 Å². The number of nitro benzene ring substituents is 1. The molecule has 11 heteroatoms. The predicted octanol–water partition coefficient (Wildman–Crippen LogP) is 2.45. The zero-order valence-electron chi connectivity index (χ0n) is 14.9. The smallest absolute Gasteiger partial charge is 0.268 e. The second-order valence-corrected chi connectivity index (χ2v) is 8.14. The van der Waals surface area contributed by atoms with Crippen LogP contribution in [-0.4, -0.2) is 29.7 Å². The molecule has 0 saturated heterocycles. The van der Waals surface area contributed by atoms with Gasteiger partial charge in [-0.25, -0.2) is 17.8 Å². The molecule has 9 nitrogen and oxygen atoms in total. The summed E-state index contributed by atoms with van der Waals surface area (Å²) in [6, 6.07) is 14.3. The molecule has 0 radical (unpaired) electrons. The number of hydrogen-bond donors (Lipinski definition) is 1. The van der Waals surface area contributed by atoms with Crippen LogP contribution >= 0.6 is 11.6 Å². The Balaban J connectivity index is 1.71. The van der Waals surface area contributed by atoms with Crippen molar-refractivity contribution in [2.75, 3.05) is 6.54 Å². The first-order chi connectivity index (χ1) is 13.8. The minimum absolute atomic E-state index is 0.00642. The fourth-order valence-electron chi connectivity index (χ4n) is 2.50. The van der Waals surface area contributed by atoms with E-state index >= 15 is 0 Å². The van der Waals surface area contributed by atoms with Crippen LogP contribution in [0.2, 0.25) is 5.02 Å². The standard InChI is InChI=1S/C18H15ClN4O5S/c19-14-3-1-13(2-4-14)17-9-10-18(24)22(21-17)12-11-20-29(27,28)16-7-5-15(6-8-16)23(25)26/h1-10,20H,11-12H2. The summed E-state index contributed by atoms with van der Waals surface area (Å²) in [5, 5.41) is 15.5. The third kappa shape index (κ3) is 5.05. The molecule has 150 valence electrons. The van der Waals surface area contributed by atoms with Crippen LogP contribution < -0.4 is 10.3 Å². The lowest BCUT2D eigenvalue weighted by molar-refractivity contribution is -0.384. The van der Waals surface area contributed by atoms with Gasteiger partial charge in [0.05, 0.1) is 22.1 Å². The average Bonchev–Trinajstić information content (AvgIpc) is 2.70. The lowest BCUT2D eigenvalue weighted by Gasteiger charge is -2.09. The molecule has 0 unspecified atom stereocenters. The molecule has 0 aliphatic carbocycles. The number of halogens is 1. The monoisotopic (exact) mass is 434 g/mol. The van der Waals surface area contributed by atoms with Crippen LogP contribution in [0.15, 0.2) is 70.4 Å². The van der Waals surface area contributed by atoms with Gasteiger partial charge >= 0.3 is 0 Å². The van der Waals surface area contributed by atoms with Gasteiger partial charge in [0.15, 0.2) is 0 Å². The van der Waals surface area contributed by atoms with Gasteiger partial charge in [-0.1, -0.05) is 23.7 Å². The fourth-order valence-corrected chi connectivity index (χ4v) is 3.65. The van der Waals surface area contributed by atoms with Crippen molar-refractivity contribution in [2.24, 2.45) is 0 Å². The lowest BCUT2D eigenvalue weighted by atomic mass is 10.1. The Hall–Kier alpha value is -3.08. The van der Waals surface area contributed by atoms with Crippen LogP contribution in [0.25, 0.3) is 11.3 Å². The number of nitro groups is 1. The van der Waals surface area contributed by atoms with Gasteiger partial charge < -0.3 is 0 Å². The van der Waals surface area contributed by atoms with Gasteiger partial charge in [-0.2, -0.15) is 5.10 Å². The third-order valence-corrected chi connectivity index (χ3v) is 5.71. The van der Waals surface area contributed by atoms with Crippen LogP contribution in [0, 0.1) is 10.1 Å². The third-order valence-electron chi connectivity index (χ3n) is 3.98. The number of benzene rings is 2. The second-order valence-electron chi connectivity index (χ2n) is 5.94. The van der Waals surface area contributed by atoms with E-state index in [0.29, 0.717) is 10.7 Å². The quantitative estimate of drug-likeness (QED) is 0.450. The largest absolute Gasteiger partial charge is 0.269 e.